The van der Waals surface area contributed by atoms with Gasteiger partial charge < -0.3 is 14.5 Å². The molecular formula is C20H16N2O4. The SMILES string of the molecule is O=C1CCc2cc(C(=O)OCc3ncc(-c4ccccc4)o3)ccc2N1. The van der Waals surface area contributed by atoms with Gasteiger partial charge in [0, 0.05) is 17.7 Å². The number of aromatic nitrogens is 1. The number of carbonyl (C=O) groups is 2. The van der Waals surface area contributed by atoms with Crippen LogP contribution in [0.1, 0.15) is 28.2 Å². The van der Waals surface area contributed by atoms with Crippen molar-refractivity contribution < 1.29 is 18.7 Å². The molecule has 0 bridgehead atoms. The number of nitrogens with one attached hydrogen (secondary N) is 1. The van der Waals surface area contributed by atoms with Crippen LogP contribution in [0.2, 0.25) is 0 Å². The van der Waals surface area contributed by atoms with Crippen LogP contribution >= 0.6 is 0 Å². The lowest BCUT2D eigenvalue weighted by Crippen LogP contribution is -2.19. The number of oxazole rings is 1. The molecule has 1 N–H and O–H groups in total. The maximum atomic E-state index is 12.3. The highest BCUT2D eigenvalue weighted by atomic mass is 16.5. The number of hydrogen-bond acceptors (Lipinski definition) is 5. The van der Waals surface area contributed by atoms with Gasteiger partial charge in [0.25, 0.3) is 0 Å². The Morgan fingerprint density at radius 3 is 2.85 bits per heavy atom. The fourth-order valence-electron chi connectivity index (χ4n) is 2.83. The lowest BCUT2D eigenvalue weighted by molar-refractivity contribution is -0.116. The Morgan fingerprint density at radius 1 is 1.15 bits per heavy atom. The van der Waals surface area contributed by atoms with Crippen LogP contribution in [-0.4, -0.2) is 16.9 Å². The molecule has 0 saturated carbocycles. The summed E-state index contributed by atoms with van der Waals surface area (Å²) in [5.41, 5.74) is 3.03. The lowest BCUT2D eigenvalue weighted by atomic mass is 10.0. The molecule has 2 heterocycles. The van der Waals surface area contributed by atoms with E-state index in [1.54, 1.807) is 24.4 Å². The van der Waals surface area contributed by atoms with Gasteiger partial charge >= 0.3 is 5.97 Å². The first-order chi connectivity index (χ1) is 12.7. The fraction of sp³-hybridized carbons (Fsp3) is 0.150. The number of esters is 1. The molecule has 1 amide bonds. The molecule has 0 radical (unpaired) electrons. The summed E-state index contributed by atoms with van der Waals surface area (Å²) in [6.07, 6.45) is 2.65. The van der Waals surface area contributed by atoms with Crippen LogP contribution in [-0.2, 0) is 22.6 Å². The molecule has 4 rings (SSSR count). The van der Waals surface area contributed by atoms with Crippen molar-refractivity contribution in [2.75, 3.05) is 5.32 Å². The molecule has 6 nitrogen and oxygen atoms in total. The maximum Gasteiger partial charge on any atom is 0.338 e. The first-order valence-electron chi connectivity index (χ1n) is 8.29. The molecule has 26 heavy (non-hydrogen) atoms. The Morgan fingerprint density at radius 2 is 2.00 bits per heavy atom. The fourth-order valence-corrected chi connectivity index (χ4v) is 2.83. The minimum atomic E-state index is -0.454. The summed E-state index contributed by atoms with van der Waals surface area (Å²) in [6.45, 7) is -0.0422. The van der Waals surface area contributed by atoms with E-state index < -0.39 is 5.97 Å². The van der Waals surface area contributed by atoms with Crippen LogP contribution < -0.4 is 5.32 Å². The van der Waals surface area contributed by atoms with Crippen LogP contribution in [0.25, 0.3) is 11.3 Å². The van der Waals surface area contributed by atoms with Gasteiger partial charge in [-0.15, -0.1) is 0 Å². The van der Waals surface area contributed by atoms with Gasteiger partial charge in [-0.1, -0.05) is 30.3 Å². The van der Waals surface area contributed by atoms with Crippen LogP contribution in [0.3, 0.4) is 0 Å². The smallest absolute Gasteiger partial charge is 0.338 e. The second-order valence-corrected chi connectivity index (χ2v) is 5.98. The first-order valence-corrected chi connectivity index (χ1v) is 8.29. The average molecular weight is 348 g/mol. The molecule has 3 aromatic rings. The number of nitrogens with zero attached hydrogens (tertiary/aromatic N) is 1. The summed E-state index contributed by atoms with van der Waals surface area (Å²) in [5.74, 6) is 0.499. The molecule has 6 heteroatoms. The molecule has 0 unspecified atom stereocenters. The highest BCUT2D eigenvalue weighted by molar-refractivity contribution is 5.96. The zero-order valence-electron chi connectivity index (χ0n) is 13.9. The summed E-state index contributed by atoms with van der Waals surface area (Å²) < 4.78 is 10.9. The van der Waals surface area contributed by atoms with Crippen LogP contribution in [0, 0.1) is 0 Å². The number of rotatable bonds is 4. The van der Waals surface area contributed by atoms with E-state index in [2.05, 4.69) is 10.3 Å². The normalized spacial score (nSPS) is 13.0. The molecule has 1 aliphatic rings. The van der Waals surface area contributed by atoms with Crippen molar-refractivity contribution in [3.05, 3.63) is 71.7 Å². The monoisotopic (exact) mass is 348 g/mol. The van der Waals surface area contributed by atoms with Crippen molar-refractivity contribution in [3.8, 4) is 11.3 Å². The predicted octanol–water partition coefficient (Wildman–Crippen LogP) is 3.58. The third-order valence-corrected chi connectivity index (χ3v) is 4.18. The van der Waals surface area contributed by atoms with E-state index in [4.69, 9.17) is 9.15 Å². The predicted molar refractivity (Wildman–Crippen MR) is 94.5 cm³/mol. The van der Waals surface area contributed by atoms with Gasteiger partial charge in [-0.3, -0.25) is 4.79 Å². The van der Waals surface area contributed by atoms with E-state index in [1.807, 2.05) is 30.3 Å². The number of carbonyl (C=O) groups excluding carboxylic acids is 2. The minimum Gasteiger partial charge on any atom is -0.452 e. The van der Waals surface area contributed by atoms with Gasteiger partial charge in [-0.2, -0.15) is 0 Å². The van der Waals surface area contributed by atoms with Crippen molar-refractivity contribution in [2.24, 2.45) is 0 Å². The molecule has 0 aliphatic carbocycles. The summed E-state index contributed by atoms with van der Waals surface area (Å²) in [7, 11) is 0. The Hall–Kier alpha value is -3.41. The number of anilines is 1. The number of amides is 1. The zero-order chi connectivity index (χ0) is 17.9. The summed E-state index contributed by atoms with van der Waals surface area (Å²) in [6, 6.07) is 14.7. The molecule has 0 fully saturated rings. The van der Waals surface area contributed by atoms with Gasteiger partial charge in [-0.05, 0) is 30.2 Å². The largest absolute Gasteiger partial charge is 0.452 e. The third-order valence-electron chi connectivity index (χ3n) is 4.18. The molecule has 1 aromatic heterocycles. The Kier molecular flexibility index (Phi) is 4.23. The van der Waals surface area contributed by atoms with Crippen LogP contribution in [0.4, 0.5) is 5.69 Å². The minimum absolute atomic E-state index is 0.00839. The Balaban J connectivity index is 1.42. The molecular weight excluding hydrogens is 332 g/mol. The standard InChI is InChI=1S/C20H16N2O4/c23-18-9-7-14-10-15(6-8-16(14)22-18)20(24)25-12-19-21-11-17(26-19)13-4-2-1-3-5-13/h1-6,8,10-11H,7,9,12H2,(H,22,23). The van der Waals surface area contributed by atoms with Crippen molar-refractivity contribution in [2.45, 2.75) is 19.4 Å². The molecule has 0 saturated heterocycles. The molecule has 1 aliphatic heterocycles. The molecule has 130 valence electrons. The van der Waals surface area contributed by atoms with Gasteiger partial charge in [0.2, 0.25) is 11.8 Å². The van der Waals surface area contributed by atoms with Crippen LogP contribution in [0.15, 0.2) is 59.1 Å². The Bertz CT molecular complexity index is 963. The van der Waals surface area contributed by atoms with Gasteiger partial charge in [0.1, 0.15) is 0 Å². The maximum absolute atomic E-state index is 12.3. The summed E-state index contributed by atoms with van der Waals surface area (Å²) in [4.78, 5) is 27.8. The number of benzene rings is 2. The van der Waals surface area contributed by atoms with E-state index in [9.17, 15) is 9.59 Å². The zero-order valence-corrected chi connectivity index (χ0v) is 13.9. The number of hydrogen-bond donors (Lipinski definition) is 1. The van der Waals surface area contributed by atoms with E-state index >= 15 is 0 Å². The summed E-state index contributed by atoms with van der Waals surface area (Å²) >= 11 is 0. The summed E-state index contributed by atoms with van der Waals surface area (Å²) in [5, 5.41) is 2.79. The van der Waals surface area contributed by atoms with Crippen LogP contribution in [0.5, 0.6) is 0 Å². The van der Waals surface area contributed by atoms with E-state index in [1.165, 1.54) is 0 Å². The third kappa shape index (κ3) is 3.35. The Labute approximate surface area is 149 Å². The highest BCUT2D eigenvalue weighted by Gasteiger charge is 2.18. The van der Waals surface area contributed by atoms with E-state index in [0.29, 0.717) is 30.1 Å². The van der Waals surface area contributed by atoms with Gasteiger partial charge in [-0.25, -0.2) is 9.78 Å². The second kappa shape index (κ2) is 6.84. The van der Waals surface area contributed by atoms with Crippen molar-refractivity contribution >= 4 is 17.6 Å². The van der Waals surface area contributed by atoms with Crippen molar-refractivity contribution in [1.29, 1.82) is 0 Å². The highest BCUT2D eigenvalue weighted by Crippen LogP contribution is 2.24. The van der Waals surface area contributed by atoms with Gasteiger partial charge in [0.15, 0.2) is 12.4 Å². The second-order valence-electron chi connectivity index (χ2n) is 5.98. The van der Waals surface area contributed by atoms with Crippen molar-refractivity contribution in [1.82, 2.24) is 4.98 Å². The number of fused-ring (bicyclic) bond motifs is 1. The molecule has 0 atom stereocenters. The van der Waals surface area contributed by atoms with E-state index in [-0.39, 0.29) is 12.5 Å². The number of aryl methyl sites for hydroxylation is 1. The first kappa shape index (κ1) is 16.1. The lowest BCUT2D eigenvalue weighted by Gasteiger charge is -2.17. The average Bonchev–Trinajstić information content (AvgIpc) is 3.15. The van der Waals surface area contributed by atoms with Crippen molar-refractivity contribution in [3.63, 3.8) is 0 Å². The quantitative estimate of drug-likeness (QED) is 0.729. The number of ether oxygens (including phenoxy) is 1. The van der Waals surface area contributed by atoms with E-state index in [0.717, 1.165) is 16.8 Å². The molecule has 0 spiro atoms. The topological polar surface area (TPSA) is 81.4 Å². The molecule has 2 aromatic carbocycles. The van der Waals surface area contributed by atoms with Gasteiger partial charge in [0.05, 0.1) is 11.8 Å².